The van der Waals surface area contributed by atoms with Gasteiger partial charge in [0.05, 0.1) is 7.11 Å². The maximum Gasteiger partial charge on any atom is 0.115 e. The second kappa shape index (κ2) is 5.58. The van der Waals surface area contributed by atoms with E-state index in [1.54, 1.807) is 7.11 Å². The summed E-state index contributed by atoms with van der Waals surface area (Å²) in [4.78, 5) is 2.23. The molecule has 94 valence electrons. The highest BCUT2D eigenvalue weighted by atomic mass is 16.5. The van der Waals surface area contributed by atoms with Crippen LogP contribution in [-0.4, -0.2) is 20.7 Å². The van der Waals surface area contributed by atoms with Gasteiger partial charge in [0.1, 0.15) is 5.76 Å². The van der Waals surface area contributed by atoms with E-state index in [0.717, 1.165) is 17.9 Å². The predicted molar refractivity (Wildman–Crippen MR) is 76.6 cm³/mol. The van der Waals surface area contributed by atoms with Crippen molar-refractivity contribution in [1.29, 1.82) is 0 Å². The number of anilines is 1. The maximum absolute atomic E-state index is 5.27. The highest BCUT2D eigenvalue weighted by molar-refractivity contribution is 5.46. The first-order valence-electron chi connectivity index (χ1n) is 6.09. The fourth-order valence-corrected chi connectivity index (χ4v) is 2.06. The topological polar surface area (TPSA) is 12.5 Å². The van der Waals surface area contributed by atoms with Crippen LogP contribution in [0, 0.1) is 5.92 Å². The van der Waals surface area contributed by atoms with Gasteiger partial charge in [0.2, 0.25) is 0 Å². The summed E-state index contributed by atoms with van der Waals surface area (Å²) < 4.78 is 5.27. The number of hydrogen-bond donors (Lipinski definition) is 0. The summed E-state index contributed by atoms with van der Waals surface area (Å²) in [7, 11) is 3.80. The van der Waals surface area contributed by atoms with Crippen molar-refractivity contribution in [3.05, 3.63) is 66.5 Å². The van der Waals surface area contributed by atoms with Gasteiger partial charge in [0.25, 0.3) is 0 Å². The van der Waals surface area contributed by atoms with Gasteiger partial charge in [0.15, 0.2) is 0 Å². The Morgan fingerprint density at radius 3 is 2.61 bits per heavy atom. The molecule has 0 amide bonds. The van der Waals surface area contributed by atoms with E-state index in [0.29, 0.717) is 5.92 Å². The summed E-state index contributed by atoms with van der Waals surface area (Å²) in [6, 6.07) is 10.4. The Labute approximate surface area is 109 Å². The van der Waals surface area contributed by atoms with Crippen LogP contribution in [0.3, 0.4) is 0 Å². The molecule has 0 saturated carbocycles. The zero-order valence-corrected chi connectivity index (χ0v) is 11.0. The van der Waals surface area contributed by atoms with Crippen molar-refractivity contribution in [3.63, 3.8) is 0 Å². The predicted octanol–water partition coefficient (Wildman–Crippen LogP) is 3.40. The van der Waals surface area contributed by atoms with Gasteiger partial charge in [0, 0.05) is 25.2 Å². The molecule has 0 aliphatic heterocycles. The van der Waals surface area contributed by atoms with Crippen molar-refractivity contribution in [2.45, 2.75) is 0 Å². The average molecular weight is 241 g/mol. The molecule has 18 heavy (non-hydrogen) atoms. The first-order chi connectivity index (χ1) is 8.70. The number of nitrogens with zero attached hydrogens (tertiary/aromatic N) is 1. The number of hydrogen-bond acceptors (Lipinski definition) is 2. The molecule has 1 aromatic carbocycles. The van der Waals surface area contributed by atoms with E-state index in [2.05, 4.69) is 48.9 Å². The lowest BCUT2D eigenvalue weighted by molar-refractivity contribution is 0.302. The Morgan fingerprint density at radius 1 is 1.22 bits per heavy atom. The molecule has 2 rings (SSSR count). The van der Waals surface area contributed by atoms with E-state index in [-0.39, 0.29) is 0 Å². The Morgan fingerprint density at radius 2 is 1.94 bits per heavy atom. The van der Waals surface area contributed by atoms with Crippen LogP contribution in [-0.2, 0) is 4.74 Å². The molecular weight excluding hydrogens is 222 g/mol. The van der Waals surface area contributed by atoms with Crippen LogP contribution < -0.4 is 4.90 Å². The van der Waals surface area contributed by atoms with E-state index in [1.807, 2.05) is 18.2 Å². The van der Waals surface area contributed by atoms with Gasteiger partial charge in [-0.25, -0.2) is 0 Å². The first-order valence-corrected chi connectivity index (χ1v) is 6.09. The standard InChI is InChI=1S/C16H19NO/c1-13-9-10-16(18-3)11-14(13)12-17(2)15-7-5-4-6-8-15/h4-11,14H,1,12H2,2-3H3. The Hall–Kier alpha value is -1.96. The minimum absolute atomic E-state index is 0.301. The van der Waals surface area contributed by atoms with Crippen LogP contribution in [0.1, 0.15) is 0 Å². The molecule has 0 spiro atoms. The van der Waals surface area contributed by atoms with Gasteiger partial charge < -0.3 is 9.64 Å². The summed E-state index contributed by atoms with van der Waals surface area (Å²) >= 11 is 0. The average Bonchev–Trinajstić information content (AvgIpc) is 2.42. The zero-order valence-electron chi connectivity index (χ0n) is 11.0. The molecule has 0 radical (unpaired) electrons. The van der Waals surface area contributed by atoms with Gasteiger partial charge in [-0.15, -0.1) is 0 Å². The third-order valence-electron chi connectivity index (χ3n) is 3.21. The summed E-state index contributed by atoms with van der Waals surface area (Å²) in [5, 5.41) is 0. The fourth-order valence-electron chi connectivity index (χ4n) is 2.06. The molecule has 2 nitrogen and oxygen atoms in total. The lowest BCUT2D eigenvalue weighted by Gasteiger charge is -2.26. The van der Waals surface area contributed by atoms with Crippen molar-refractivity contribution >= 4 is 5.69 Å². The van der Waals surface area contributed by atoms with Gasteiger partial charge in [-0.2, -0.15) is 0 Å². The molecule has 0 saturated heterocycles. The Kier molecular flexibility index (Phi) is 3.88. The molecule has 2 heteroatoms. The molecule has 0 heterocycles. The minimum atomic E-state index is 0.301. The monoisotopic (exact) mass is 241 g/mol. The normalized spacial score (nSPS) is 18.4. The van der Waals surface area contributed by atoms with Gasteiger partial charge in [-0.3, -0.25) is 0 Å². The molecule has 0 fully saturated rings. The number of ether oxygens (including phenoxy) is 1. The zero-order chi connectivity index (χ0) is 13.0. The molecule has 1 unspecified atom stereocenters. The molecule has 1 aliphatic rings. The van der Waals surface area contributed by atoms with Crippen molar-refractivity contribution < 1.29 is 4.74 Å². The van der Waals surface area contributed by atoms with Crippen LogP contribution in [0.15, 0.2) is 66.5 Å². The van der Waals surface area contributed by atoms with Gasteiger partial charge in [-0.1, -0.05) is 30.9 Å². The summed E-state index contributed by atoms with van der Waals surface area (Å²) in [5.41, 5.74) is 2.34. The van der Waals surface area contributed by atoms with Crippen molar-refractivity contribution in [2.75, 3.05) is 25.6 Å². The number of rotatable bonds is 4. The third-order valence-corrected chi connectivity index (χ3v) is 3.21. The smallest absolute Gasteiger partial charge is 0.115 e. The van der Waals surface area contributed by atoms with Crippen LogP contribution >= 0.6 is 0 Å². The molecule has 1 aromatic rings. The summed E-state index contributed by atoms with van der Waals surface area (Å²) in [6.07, 6.45) is 6.12. The van der Waals surface area contributed by atoms with Gasteiger partial charge in [-0.05, 0) is 29.9 Å². The Bertz CT molecular complexity index is 473. The van der Waals surface area contributed by atoms with Crippen LogP contribution in [0.5, 0.6) is 0 Å². The highest BCUT2D eigenvalue weighted by Gasteiger charge is 2.15. The van der Waals surface area contributed by atoms with Crippen LogP contribution in [0.25, 0.3) is 0 Å². The van der Waals surface area contributed by atoms with Crippen LogP contribution in [0.4, 0.5) is 5.69 Å². The third kappa shape index (κ3) is 2.83. The number of para-hydroxylation sites is 1. The van der Waals surface area contributed by atoms with E-state index in [9.17, 15) is 0 Å². The van der Waals surface area contributed by atoms with E-state index < -0.39 is 0 Å². The summed E-state index contributed by atoms with van der Waals surface area (Å²) in [6.45, 7) is 5.00. The molecule has 0 bridgehead atoms. The molecule has 1 atom stereocenters. The van der Waals surface area contributed by atoms with Crippen LogP contribution in [0.2, 0.25) is 0 Å². The lowest BCUT2D eigenvalue weighted by atomic mass is 9.94. The number of benzene rings is 1. The van der Waals surface area contributed by atoms with E-state index in [1.165, 1.54) is 5.69 Å². The minimum Gasteiger partial charge on any atom is -0.497 e. The Balaban J connectivity index is 2.07. The highest BCUT2D eigenvalue weighted by Crippen LogP contribution is 2.24. The van der Waals surface area contributed by atoms with Crippen molar-refractivity contribution in [1.82, 2.24) is 0 Å². The molecular formula is C16H19NO. The number of methoxy groups -OCH3 is 1. The van der Waals surface area contributed by atoms with Crippen molar-refractivity contribution in [3.8, 4) is 0 Å². The first kappa shape index (κ1) is 12.5. The largest absolute Gasteiger partial charge is 0.497 e. The fraction of sp³-hybridized carbons (Fsp3) is 0.250. The summed E-state index contributed by atoms with van der Waals surface area (Å²) in [5.74, 6) is 1.21. The quantitative estimate of drug-likeness (QED) is 0.801. The van der Waals surface area contributed by atoms with E-state index >= 15 is 0 Å². The second-order valence-corrected chi connectivity index (χ2v) is 4.50. The number of allylic oxidation sites excluding steroid dienone is 2. The molecule has 0 N–H and O–H groups in total. The van der Waals surface area contributed by atoms with E-state index in [4.69, 9.17) is 4.74 Å². The SMILES string of the molecule is C=C1C=CC(OC)=CC1CN(C)c1ccccc1. The second-order valence-electron chi connectivity index (χ2n) is 4.50. The van der Waals surface area contributed by atoms with Gasteiger partial charge >= 0.3 is 0 Å². The molecule has 1 aliphatic carbocycles. The maximum atomic E-state index is 5.27. The van der Waals surface area contributed by atoms with Crippen molar-refractivity contribution in [2.24, 2.45) is 5.92 Å². The molecule has 0 aromatic heterocycles. The lowest BCUT2D eigenvalue weighted by Crippen LogP contribution is -2.26.